The van der Waals surface area contributed by atoms with E-state index in [1.807, 2.05) is 30.3 Å². The van der Waals surface area contributed by atoms with Gasteiger partial charge in [-0.25, -0.2) is 18.7 Å². The molecule has 184 valence electrons. The average molecular weight is 552 g/mol. The Bertz CT molecular complexity index is 1050. The third-order valence-electron chi connectivity index (χ3n) is 6.17. The second-order valence-corrected chi connectivity index (χ2v) is 11.2. The van der Waals surface area contributed by atoms with Crippen LogP contribution in [-0.4, -0.2) is 46.4 Å². The number of para-hydroxylation sites is 1. The van der Waals surface area contributed by atoms with Crippen molar-refractivity contribution in [2.24, 2.45) is 5.92 Å². The second-order valence-electron chi connectivity index (χ2n) is 8.62. The average Bonchev–Trinajstić information content (AvgIpc) is 2.87. The van der Waals surface area contributed by atoms with E-state index >= 15 is 0 Å². The Hall–Kier alpha value is -1.98. The van der Waals surface area contributed by atoms with Gasteiger partial charge in [0, 0.05) is 42.2 Å². The van der Waals surface area contributed by atoms with Crippen LogP contribution in [0, 0.1) is 5.92 Å². The van der Waals surface area contributed by atoms with Gasteiger partial charge in [-0.05, 0) is 62.1 Å². The van der Waals surface area contributed by atoms with Gasteiger partial charge in [-0.3, -0.25) is 4.79 Å². The Morgan fingerprint density at radius 1 is 1.06 bits per heavy atom. The number of rotatable bonds is 8. The number of nitrogens with zero attached hydrogens (tertiary/aromatic N) is 1. The zero-order chi connectivity index (χ0) is 24.0. The van der Waals surface area contributed by atoms with Crippen LogP contribution in [0.5, 0.6) is 0 Å². The first-order chi connectivity index (χ1) is 16.4. The maximum Gasteiger partial charge on any atom is 0.262 e. The number of anilines is 1. The molecule has 3 atom stereocenters. The fraction of sp³-hybridized carbons (Fsp3) is 0.458. The Morgan fingerprint density at radius 3 is 2.53 bits per heavy atom. The number of halogens is 1. The molecule has 2 aliphatic heterocycles. The van der Waals surface area contributed by atoms with Crippen molar-refractivity contribution >= 4 is 37.5 Å². The summed E-state index contributed by atoms with van der Waals surface area (Å²) < 4.78 is 35.3. The summed E-state index contributed by atoms with van der Waals surface area (Å²) in [6, 6.07) is 15.3. The maximum absolute atomic E-state index is 13.2. The van der Waals surface area contributed by atoms with Gasteiger partial charge in [0.2, 0.25) is 10.0 Å². The molecule has 4 rings (SSSR count). The monoisotopic (exact) mass is 551 g/mol. The molecule has 0 aromatic heterocycles. The van der Waals surface area contributed by atoms with Crippen LogP contribution < -0.4 is 15.1 Å². The first kappa shape index (κ1) is 25.1. The van der Waals surface area contributed by atoms with Gasteiger partial charge in [-0.15, -0.1) is 0 Å². The molecular weight excluding hydrogens is 522 g/mol. The number of carbonyl (C=O) groups is 1. The van der Waals surface area contributed by atoms with Crippen LogP contribution in [0.15, 0.2) is 64.0 Å². The molecule has 2 saturated heterocycles. The summed E-state index contributed by atoms with van der Waals surface area (Å²) in [7, 11) is -3.93. The Labute approximate surface area is 209 Å². The first-order valence-corrected chi connectivity index (χ1v) is 13.8. The predicted molar refractivity (Wildman–Crippen MR) is 132 cm³/mol. The molecule has 1 amide bonds. The molecule has 10 heteroatoms. The molecule has 2 aliphatic rings. The predicted octanol–water partition coefficient (Wildman–Crippen LogP) is 3.59. The molecule has 34 heavy (non-hydrogen) atoms. The number of hydrogen-bond donors (Lipinski definition) is 2. The number of piperidine rings is 1. The summed E-state index contributed by atoms with van der Waals surface area (Å²) in [6.45, 7) is 1.97. The van der Waals surface area contributed by atoms with E-state index < -0.39 is 28.3 Å². The van der Waals surface area contributed by atoms with Crippen molar-refractivity contribution in [1.29, 1.82) is 0 Å². The van der Waals surface area contributed by atoms with E-state index in [-0.39, 0.29) is 10.8 Å². The van der Waals surface area contributed by atoms with Crippen molar-refractivity contribution in [3.05, 3.63) is 59.1 Å². The molecular formula is C24H30BrN3O5S. The molecule has 2 aromatic carbocycles. The number of carbonyl (C=O) groups excluding carboxylic acids is 1. The van der Waals surface area contributed by atoms with Crippen molar-refractivity contribution < 1.29 is 22.8 Å². The zero-order valence-corrected chi connectivity index (χ0v) is 21.3. The largest absolute Gasteiger partial charge is 0.371 e. The zero-order valence-electron chi connectivity index (χ0n) is 18.9. The lowest BCUT2D eigenvalue weighted by atomic mass is 9.90. The summed E-state index contributed by atoms with van der Waals surface area (Å²) in [5.74, 6) is -0.759. The summed E-state index contributed by atoms with van der Waals surface area (Å²) in [4.78, 5) is 21.0. The van der Waals surface area contributed by atoms with E-state index in [4.69, 9.17) is 9.57 Å². The highest BCUT2D eigenvalue weighted by Crippen LogP contribution is 2.26. The third-order valence-corrected chi connectivity index (χ3v) is 8.15. The summed E-state index contributed by atoms with van der Waals surface area (Å²) >= 11 is 3.32. The molecule has 8 nitrogen and oxygen atoms in total. The van der Waals surface area contributed by atoms with E-state index in [0.717, 1.165) is 36.0 Å². The minimum Gasteiger partial charge on any atom is -0.371 e. The van der Waals surface area contributed by atoms with Crippen LogP contribution in [0.2, 0.25) is 0 Å². The highest BCUT2D eigenvalue weighted by atomic mass is 79.9. The number of sulfonamides is 1. The van der Waals surface area contributed by atoms with Gasteiger partial charge in [0.05, 0.1) is 4.90 Å². The normalized spacial score (nSPS) is 22.2. The number of hydroxylamine groups is 1. The summed E-state index contributed by atoms with van der Waals surface area (Å²) in [6.07, 6.45) is 3.63. The number of amides is 1. The molecule has 2 aromatic rings. The van der Waals surface area contributed by atoms with Gasteiger partial charge < -0.3 is 9.64 Å². The van der Waals surface area contributed by atoms with Gasteiger partial charge >= 0.3 is 0 Å². The van der Waals surface area contributed by atoms with Crippen LogP contribution >= 0.6 is 15.9 Å². The minimum atomic E-state index is -3.93. The van der Waals surface area contributed by atoms with Crippen LogP contribution in [0.4, 0.5) is 5.69 Å². The smallest absolute Gasteiger partial charge is 0.262 e. The second kappa shape index (κ2) is 11.6. The van der Waals surface area contributed by atoms with Crippen molar-refractivity contribution in [3.63, 3.8) is 0 Å². The number of benzene rings is 2. The quantitative estimate of drug-likeness (QED) is 0.486. The fourth-order valence-electron chi connectivity index (χ4n) is 4.36. The van der Waals surface area contributed by atoms with Crippen LogP contribution in [0.1, 0.15) is 32.1 Å². The van der Waals surface area contributed by atoms with Gasteiger partial charge in [0.1, 0.15) is 6.04 Å². The van der Waals surface area contributed by atoms with Gasteiger partial charge in [0.15, 0.2) is 6.29 Å². The van der Waals surface area contributed by atoms with Gasteiger partial charge in [-0.2, -0.15) is 4.72 Å². The highest BCUT2D eigenvalue weighted by molar-refractivity contribution is 9.10. The van der Waals surface area contributed by atoms with Gasteiger partial charge in [-0.1, -0.05) is 34.1 Å². The lowest BCUT2D eigenvalue weighted by Crippen LogP contribution is -2.55. The SMILES string of the molecule is O=C(NOC1CCCCO1)C(NS(=O)(=O)c1ccc(Br)cc1)C1CCCN(c2ccccc2)C1. The number of hydrogen-bond acceptors (Lipinski definition) is 6. The van der Waals surface area contributed by atoms with Crippen molar-refractivity contribution in [2.45, 2.75) is 49.3 Å². The molecule has 0 bridgehead atoms. The van der Waals surface area contributed by atoms with E-state index in [1.54, 1.807) is 12.1 Å². The van der Waals surface area contributed by atoms with E-state index in [9.17, 15) is 13.2 Å². The lowest BCUT2D eigenvalue weighted by Gasteiger charge is -2.37. The fourth-order valence-corrected chi connectivity index (χ4v) is 5.89. The molecule has 0 spiro atoms. The van der Waals surface area contributed by atoms with Crippen molar-refractivity contribution in [2.75, 3.05) is 24.6 Å². The Kier molecular flexibility index (Phi) is 8.60. The number of ether oxygens (including phenoxy) is 1. The third kappa shape index (κ3) is 6.57. The molecule has 2 fully saturated rings. The minimum absolute atomic E-state index is 0.0979. The lowest BCUT2D eigenvalue weighted by molar-refractivity contribution is -0.201. The van der Waals surface area contributed by atoms with E-state index in [1.165, 1.54) is 12.1 Å². The van der Waals surface area contributed by atoms with Crippen LogP contribution in [-0.2, 0) is 24.4 Å². The maximum atomic E-state index is 13.2. The molecule has 0 aliphatic carbocycles. The van der Waals surface area contributed by atoms with Crippen molar-refractivity contribution in [3.8, 4) is 0 Å². The Morgan fingerprint density at radius 2 is 1.82 bits per heavy atom. The van der Waals surface area contributed by atoms with E-state index in [0.29, 0.717) is 26.0 Å². The highest BCUT2D eigenvalue weighted by Gasteiger charge is 2.36. The molecule has 0 saturated carbocycles. The topological polar surface area (TPSA) is 97.0 Å². The molecule has 2 heterocycles. The Balaban J connectivity index is 1.52. The molecule has 0 radical (unpaired) electrons. The van der Waals surface area contributed by atoms with E-state index in [2.05, 4.69) is 31.0 Å². The molecule has 3 unspecified atom stereocenters. The van der Waals surface area contributed by atoms with Gasteiger partial charge in [0.25, 0.3) is 5.91 Å². The summed E-state index contributed by atoms with van der Waals surface area (Å²) in [5, 5.41) is 0. The molecule has 2 N–H and O–H groups in total. The van der Waals surface area contributed by atoms with Crippen molar-refractivity contribution in [1.82, 2.24) is 10.2 Å². The number of nitrogens with one attached hydrogen (secondary N) is 2. The summed E-state index contributed by atoms with van der Waals surface area (Å²) in [5.41, 5.74) is 3.52. The van der Waals surface area contributed by atoms with Crippen LogP contribution in [0.25, 0.3) is 0 Å². The first-order valence-electron chi connectivity index (χ1n) is 11.6. The van der Waals surface area contributed by atoms with Crippen LogP contribution in [0.3, 0.4) is 0 Å². The standard InChI is InChI=1S/C24H30BrN3O5S/c25-19-11-13-21(14-12-19)34(30,31)27-23(24(29)26-33-22-10-4-5-16-32-22)18-7-6-15-28(17-18)20-8-2-1-3-9-20/h1-3,8-9,11-14,18,22-23,27H,4-7,10,15-17H2,(H,26,29).